The molecule has 0 aliphatic carbocycles. The maximum atomic E-state index is 11.8. The summed E-state index contributed by atoms with van der Waals surface area (Å²) in [6.45, 7) is 6.32. The number of hydrogen-bond donors (Lipinski definition) is 2. The Labute approximate surface area is 160 Å². The van der Waals surface area contributed by atoms with Crippen molar-refractivity contribution in [1.29, 1.82) is 0 Å². The number of sulfonamides is 1. The number of imidazole rings is 1. The average Bonchev–Trinajstić information content (AvgIpc) is 2.89. The highest BCUT2D eigenvalue weighted by molar-refractivity contribution is 7.88. The highest BCUT2D eigenvalue weighted by Gasteiger charge is 2.26. The van der Waals surface area contributed by atoms with Gasteiger partial charge in [-0.2, -0.15) is 0 Å². The molecule has 0 amide bonds. The minimum absolute atomic E-state index is 0.397. The Balaban J connectivity index is 2.24. The quantitative estimate of drug-likeness (QED) is 0.647. The van der Waals surface area contributed by atoms with Crippen LogP contribution in [0.5, 0.6) is 0 Å². The first-order valence-electron chi connectivity index (χ1n) is 9.13. The summed E-state index contributed by atoms with van der Waals surface area (Å²) in [4.78, 5) is 9.26. The van der Waals surface area contributed by atoms with Gasteiger partial charge in [0.25, 0.3) is 0 Å². The van der Waals surface area contributed by atoms with E-state index in [2.05, 4.69) is 21.2 Å². The van der Waals surface area contributed by atoms with Gasteiger partial charge >= 0.3 is 0 Å². The fourth-order valence-corrected chi connectivity index (χ4v) is 4.60. The van der Waals surface area contributed by atoms with Gasteiger partial charge < -0.3 is 10.3 Å². The molecule has 146 valence electrons. The van der Waals surface area contributed by atoms with Crippen molar-refractivity contribution in [3.05, 3.63) is 30.1 Å². The molecule has 1 aromatic carbocycles. The fraction of sp³-hybridized carbons (Fsp3) is 0.474. The highest BCUT2D eigenvalue weighted by Crippen LogP contribution is 2.30. The summed E-state index contributed by atoms with van der Waals surface area (Å²) in [5.74, 6) is 1.30. The molecule has 3 aromatic rings. The van der Waals surface area contributed by atoms with E-state index in [-0.39, 0.29) is 0 Å². The Hall–Kier alpha value is -2.19. The number of anilines is 1. The standard InChI is InChI=1S/C19H27N5O2S/c1-5-6-11-15-22-16-17(13-9-7-8-10-14(13)21-18(16)20)24(15)12-19(2,3)23-27(4,25)26/h7-10,23H,5-6,11-12H2,1-4H3,(H2,20,21). The number of nitrogen functional groups attached to an aromatic ring is 1. The van der Waals surface area contributed by atoms with Gasteiger partial charge in [0.05, 0.1) is 17.3 Å². The summed E-state index contributed by atoms with van der Waals surface area (Å²) in [5, 5.41) is 0.965. The number of para-hydroxylation sites is 1. The molecule has 0 spiro atoms. The van der Waals surface area contributed by atoms with Crippen molar-refractivity contribution in [1.82, 2.24) is 19.3 Å². The first-order chi connectivity index (χ1) is 12.6. The predicted molar refractivity (Wildman–Crippen MR) is 110 cm³/mol. The van der Waals surface area contributed by atoms with Crippen LogP contribution in [0.4, 0.5) is 5.82 Å². The Morgan fingerprint density at radius 2 is 1.93 bits per heavy atom. The highest BCUT2D eigenvalue weighted by atomic mass is 32.2. The number of unbranched alkanes of at least 4 members (excludes halogenated alkanes) is 1. The van der Waals surface area contributed by atoms with Crippen molar-refractivity contribution < 1.29 is 8.42 Å². The van der Waals surface area contributed by atoms with Crippen LogP contribution in [0.1, 0.15) is 39.4 Å². The Morgan fingerprint density at radius 1 is 1.22 bits per heavy atom. The Bertz CT molecular complexity index is 1090. The number of nitrogens with one attached hydrogen (secondary N) is 1. The molecular formula is C19H27N5O2S. The maximum absolute atomic E-state index is 11.8. The van der Waals surface area contributed by atoms with E-state index < -0.39 is 15.6 Å². The third-order valence-electron chi connectivity index (χ3n) is 4.46. The molecule has 8 heteroatoms. The molecule has 0 atom stereocenters. The first-order valence-corrected chi connectivity index (χ1v) is 11.0. The van der Waals surface area contributed by atoms with Crippen LogP contribution in [0.15, 0.2) is 24.3 Å². The zero-order chi connectivity index (χ0) is 19.8. The lowest BCUT2D eigenvalue weighted by Gasteiger charge is -2.27. The van der Waals surface area contributed by atoms with Crippen molar-refractivity contribution in [2.75, 3.05) is 12.0 Å². The number of aromatic nitrogens is 3. The van der Waals surface area contributed by atoms with E-state index in [0.717, 1.165) is 41.5 Å². The maximum Gasteiger partial charge on any atom is 0.209 e. The zero-order valence-corrected chi connectivity index (χ0v) is 17.1. The summed E-state index contributed by atoms with van der Waals surface area (Å²) >= 11 is 0. The van der Waals surface area contributed by atoms with Crippen molar-refractivity contribution >= 4 is 37.8 Å². The summed E-state index contributed by atoms with van der Waals surface area (Å²) in [7, 11) is -3.34. The summed E-state index contributed by atoms with van der Waals surface area (Å²) in [6, 6.07) is 7.81. The van der Waals surface area contributed by atoms with Crippen LogP contribution < -0.4 is 10.5 Å². The normalized spacial score (nSPS) is 12.9. The SMILES string of the molecule is CCCCc1nc2c(N)nc3ccccc3c2n1CC(C)(C)NS(C)(=O)=O. The van der Waals surface area contributed by atoms with Gasteiger partial charge in [-0.1, -0.05) is 31.5 Å². The van der Waals surface area contributed by atoms with Crippen LogP contribution in [0.25, 0.3) is 21.9 Å². The summed E-state index contributed by atoms with van der Waals surface area (Å²) in [6.07, 6.45) is 4.02. The molecule has 0 saturated heterocycles. The number of hydrogen-bond acceptors (Lipinski definition) is 5. The van der Waals surface area contributed by atoms with Crippen molar-refractivity contribution in [2.24, 2.45) is 0 Å². The molecule has 0 saturated carbocycles. The lowest BCUT2D eigenvalue weighted by Crippen LogP contribution is -2.46. The van der Waals surface area contributed by atoms with Gasteiger partial charge in [0, 0.05) is 23.9 Å². The second-order valence-corrected chi connectivity index (χ2v) is 9.44. The number of rotatable bonds is 7. The third kappa shape index (κ3) is 4.22. The molecule has 2 heterocycles. The van der Waals surface area contributed by atoms with E-state index >= 15 is 0 Å². The number of nitrogens with two attached hydrogens (primary N) is 1. The first kappa shape index (κ1) is 19.6. The zero-order valence-electron chi connectivity index (χ0n) is 16.3. The van der Waals surface area contributed by atoms with Crippen LogP contribution in [-0.4, -0.2) is 34.7 Å². The number of nitrogens with zero attached hydrogens (tertiary/aromatic N) is 3. The lowest BCUT2D eigenvalue weighted by molar-refractivity contribution is 0.389. The molecule has 0 radical (unpaired) electrons. The minimum Gasteiger partial charge on any atom is -0.382 e. The molecule has 27 heavy (non-hydrogen) atoms. The van der Waals surface area contributed by atoms with Gasteiger partial charge in [-0.15, -0.1) is 0 Å². The van der Waals surface area contributed by atoms with E-state index in [0.29, 0.717) is 17.9 Å². The topological polar surface area (TPSA) is 103 Å². The van der Waals surface area contributed by atoms with E-state index in [1.807, 2.05) is 38.1 Å². The second-order valence-electron chi connectivity index (χ2n) is 7.69. The van der Waals surface area contributed by atoms with Crippen molar-refractivity contribution in [3.8, 4) is 0 Å². The molecule has 0 aliphatic heterocycles. The van der Waals surface area contributed by atoms with E-state index in [9.17, 15) is 8.42 Å². The van der Waals surface area contributed by atoms with E-state index in [4.69, 9.17) is 10.7 Å². The summed E-state index contributed by atoms with van der Waals surface area (Å²) < 4.78 is 28.4. The molecule has 0 fully saturated rings. The molecule has 3 N–H and O–H groups in total. The van der Waals surface area contributed by atoms with E-state index in [1.54, 1.807) is 0 Å². The molecule has 2 aromatic heterocycles. The van der Waals surface area contributed by atoms with Crippen LogP contribution in [0.2, 0.25) is 0 Å². The minimum atomic E-state index is -3.34. The van der Waals surface area contributed by atoms with Gasteiger partial charge in [0.1, 0.15) is 11.3 Å². The van der Waals surface area contributed by atoms with Gasteiger partial charge in [0.2, 0.25) is 10.0 Å². The van der Waals surface area contributed by atoms with Gasteiger partial charge in [-0.05, 0) is 26.3 Å². The molecule has 3 rings (SSSR count). The Kier molecular flexibility index (Phi) is 5.14. The number of benzene rings is 1. The average molecular weight is 390 g/mol. The number of aryl methyl sites for hydroxylation is 1. The van der Waals surface area contributed by atoms with Crippen LogP contribution >= 0.6 is 0 Å². The summed E-state index contributed by atoms with van der Waals surface area (Å²) in [5.41, 5.74) is 7.91. The number of pyridine rings is 1. The molecular weight excluding hydrogens is 362 g/mol. The molecule has 0 aliphatic rings. The smallest absolute Gasteiger partial charge is 0.209 e. The molecule has 0 bridgehead atoms. The Morgan fingerprint density at radius 3 is 2.59 bits per heavy atom. The van der Waals surface area contributed by atoms with E-state index in [1.165, 1.54) is 6.26 Å². The number of fused-ring (bicyclic) bond motifs is 3. The van der Waals surface area contributed by atoms with Gasteiger partial charge in [-0.25, -0.2) is 23.1 Å². The van der Waals surface area contributed by atoms with Crippen molar-refractivity contribution in [3.63, 3.8) is 0 Å². The fourth-order valence-electron chi connectivity index (χ4n) is 3.53. The van der Waals surface area contributed by atoms with Crippen molar-refractivity contribution in [2.45, 2.75) is 52.1 Å². The largest absolute Gasteiger partial charge is 0.382 e. The second kappa shape index (κ2) is 7.09. The van der Waals surface area contributed by atoms with Crippen LogP contribution in [0.3, 0.4) is 0 Å². The third-order valence-corrected chi connectivity index (χ3v) is 5.38. The van der Waals surface area contributed by atoms with Gasteiger partial charge in [-0.3, -0.25) is 0 Å². The van der Waals surface area contributed by atoms with Gasteiger partial charge in [0.15, 0.2) is 5.82 Å². The molecule has 0 unspecified atom stereocenters. The lowest BCUT2D eigenvalue weighted by atomic mass is 10.1. The molecule has 7 nitrogen and oxygen atoms in total. The monoisotopic (exact) mass is 389 g/mol. The van der Waals surface area contributed by atoms with Crippen LogP contribution in [0, 0.1) is 0 Å². The predicted octanol–water partition coefficient (Wildman–Crippen LogP) is 2.84. The van der Waals surface area contributed by atoms with Crippen LogP contribution in [-0.2, 0) is 23.0 Å².